The summed E-state index contributed by atoms with van der Waals surface area (Å²) in [5, 5.41) is 0. The molecule has 0 spiro atoms. The summed E-state index contributed by atoms with van der Waals surface area (Å²) >= 11 is 0. The molecule has 1 aliphatic rings. The Kier molecular flexibility index (Phi) is 5.62. The molecule has 1 aliphatic heterocycles. The van der Waals surface area contributed by atoms with Gasteiger partial charge in [0.15, 0.2) is 0 Å². The van der Waals surface area contributed by atoms with Crippen LogP contribution in [0.15, 0.2) is 24.3 Å². The van der Waals surface area contributed by atoms with E-state index in [2.05, 4.69) is 49.9 Å². The van der Waals surface area contributed by atoms with E-state index in [-0.39, 0.29) is 0 Å². The second-order valence-corrected chi connectivity index (χ2v) is 6.51. The van der Waals surface area contributed by atoms with Crippen LogP contribution in [0, 0.1) is 5.92 Å². The summed E-state index contributed by atoms with van der Waals surface area (Å²) in [6, 6.07) is 9.49. The molecule has 2 heteroatoms. The summed E-state index contributed by atoms with van der Waals surface area (Å²) in [4.78, 5) is 2.59. The van der Waals surface area contributed by atoms with Crippen LogP contribution in [0.2, 0.25) is 0 Å². The van der Waals surface area contributed by atoms with Gasteiger partial charge in [-0.2, -0.15) is 0 Å². The van der Waals surface area contributed by atoms with E-state index < -0.39 is 0 Å². The van der Waals surface area contributed by atoms with Crippen LogP contribution in [0.25, 0.3) is 0 Å². The molecule has 0 saturated carbocycles. The Labute approximate surface area is 124 Å². The van der Waals surface area contributed by atoms with Crippen molar-refractivity contribution in [3.63, 3.8) is 0 Å². The van der Waals surface area contributed by atoms with Crippen molar-refractivity contribution in [1.82, 2.24) is 4.90 Å². The lowest BCUT2D eigenvalue weighted by atomic mass is 9.98. The Morgan fingerprint density at radius 2 is 1.85 bits per heavy atom. The van der Waals surface area contributed by atoms with E-state index in [0.717, 1.165) is 12.5 Å². The van der Waals surface area contributed by atoms with Gasteiger partial charge in [-0.05, 0) is 42.3 Å². The Bertz CT molecular complexity index is 396. The molecule has 1 aromatic carbocycles. The van der Waals surface area contributed by atoms with Crippen LogP contribution >= 0.6 is 0 Å². The lowest BCUT2D eigenvalue weighted by Crippen LogP contribution is -2.32. The van der Waals surface area contributed by atoms with Gasteiger partial charge in [-0.25, -0.2) is 0 Å². The zero-order valence-corrected chi connectivity index (χ0v) is 13.3. The number of rotatable bonds is 6. The van der Waals surface area contributed by atoms with Crippen LogP contribution in [0.4, 0.5) is 0 Å². The van der Waals surface area contributed by atoms with Gasteiger partial charge in [0.1, 0.15) is 0 Å². The third-order valence-electron chi connectivity index (χ3n) is 4.67. The van der Waals surface area contributed by atoms with Crippen molar-refractivity contribution in [2.45, 2.75) is 52.0 Å². The van der Waals surface area contributed by atoms with E-state index in [4.69, 9.17) is 5.73 Å². The first-order chi connectivity index (χ1) is 9.65. The maximum Gasteiger partial charge on any atom is 0.0470 e. The molecule has 2 N–H and O–H groups in total. The van der Waals surface area contributed by atoms with Crippen molar-refractivity contribution in [2.24, 2.45) is 11.7 Å². The molecule has 0 bridgehead atoms. The number of nitrogens with two attached hydrogens (primary N) is 1. The lowest BCUT2D eigenvalue weighted by molar-refractivity contribution is 0.239. The summed E-state index contributed by atoms with van der Waals surface area (Å²) in [6.45, 7) is 9.92. The second kappa shape index (κ2) is 7.24. The summed E-state index contributed by atoms with van der Waals surface area (Å²) < 4.78 is 0. The number of hydrogen-bond donors (Lipinski definition) is 1. The minimum atomic E-state index is 0.401. The molecule has 0 radical (unpaired) electrons. The van der Waals surface area contributed by atoms with Crippen molar-refractivity contribution < 1.29 is 0 Å². The smallest absolute Gasteiger partial charge is 0.0470 e. The van der Waals surface area contributed by atoms with Gasteiger partial charge in [-0.3, -0.25) is 4.90 Å². The Morgan fingerprint density at radius 3 is 2.40 bits per heavy atom. The highest BCUT2D eigenvalue weighted by Crippen LogP contribution is 2.29. The zero-order valence-electron chi connectivity index (χ0n) is 13.3. The van der Waals surface area contributed by atoms with Crippen LogP contribution < -0.4 is 5.73 Å². The number of benzene rings is 1. The fourth-order valence-electron chi connectivity index (χ4n) is 3.39. The third-order valence-corrected chi connectivity index (χ3v) is 4.67. The highest BCUT2D eigenvalue weighted by molar-refractivity contribution is 5.27. The molecule has 0 amide bonds. The van der Waals surface area contributed by atoms with Gasteiger partial charge in [0, 0.05) is 19.1 Å². The third kappa shape index (κ3) is 3.62. The average Bonchev–Trinajstić information content (AvgIpc) is 2.89. The first kappa shape index (κ1) is 15.5. The van der Waals surface area contributed by atoms with Crippen LogP contribution in [0.3, 0.4) is 0 Å². The first-order valence-corrected chi connectivity index (χ1v) is 8.19. The summed E-state index contributed by atoms with van der Waals surface area (Å²) in [6.07, 6.45) is 4.00. The van der Waals surface area contributed by atoms with Gasteiger partial charge in [0.25, 0.3) is 0 Å². The number of likely N-dealkylation sites (tertiary alicyclic amines) is 1. The molecule has 2 unspecified atom stereocenters. The molecule has 0 aromatic heterocycles. The van der Waals surface area contributed by atoms with E-state index in [1.165, 1.54) is 43.5 Å². The highest BCUT2D eigenvalue weighted by Gasteiger charge is 2.27. The summed E-state index contributed by atoms with van der Waals surface area (Å²) in [5.41, 5.74) is 8.86. The Hall–Kier alpha value is -0.860. The van der Waals surface area contributed by atoms with E-state index >= 15 is 0 Å². The van der Waals surface area contributed by atoms with Crippen molar-refractivity contribution in [3.05, 3.63) is 35.4 Å². The van der Waals surface area contributed by atoms with Gasteiger partial charge < -0.3 is 5.73 Å². The zero-order chi connectivity index (χ0) is 14.5. The lowest BCUT2D eigenvalue weighted by Gasteiger charge is -2.27. The maximum absolute atomic E-state index is 6.06. The van der Waals surface area contributed by atoms with Crippen molar-refractivity contribution in [2.75, 3.05) is 19.6 Å². The van der Waals surface area contributed by atoms with Gasteiger partial charge in [-0.15, -0.1) is 0 Å². The summed E-state index contributed by atoms with van der Waals surface area (Å²) in [7, 11) is 0. The minimum Gasteiger partial charge on any atom is -0.329 e. The fraction of sp³-hybridized carbons (Fsp3) is 0.667. The largest absolute Gasteiger partial charge is 0.329 e. The molecular weight excluding hydrogens is 244 g/mol. The van der Waals surface area contributed by atoms with Crippen molar-refractivity contribution >= 4 is 0 Å². The van der Waals surface area contributed by atoms with Gasteiger partial charge in [-0.1, -0.05) is 51.5 Å². The highest BCUT2D eigenvalue weighted by atomic mass is 15.2. The summed E-state index contributed by atoms with van der Waals surface area (Å²) in [5.74, 6) is 1.48. The number of hydrogen-bond acceptors (Lipinski definition) is 2. The van der Waals surface area contributed by atoms with Gasteiger partial charge in [0.05, 0.1) is 0 Å². The molecule has 112 valence electrons. The Balaban J connectivity index is 2.04. The SMILES string of the molecule is CCCC1CCN(C(CN)c2ccc(C(C)C)cc2)C1. The van der Waals surface area contributed by atoms with Gasteiger partial charge >= 0.3 is 0 Å². The van der Waals surface area contributed by atoms with E-state index in [0.29, 0.717) is 12.0 Å². The monoisotopic (exact) mass is 274 g/mol. The second-order valence-electron chi connectivity index (χ2n) is 6.51. The molecule has 1 fully saturated rings. The molecule has 0 aliphatic carbocycles. The fourth-order valence-corrected chi connectivity index (χ4v) is 3.39. The molecule has 1 saturated heterocycles. The van der Waals surface area contributed by atoms with Crippen LogP contribution in [0.1, 0.15) is 63.1 Å². The molecular formula is C18H30N2. The quantitative estimate of drug-likeness (QED) is 0.851. The standard InChI is InChI=1S/C18H30N2/c1-4-5-15-10-11-20(13-15)18(12-19)17-8-6-16(7-9-17)14(2)3/h6-9,14-15,18H,4-5,10-13,19H2,1-3H3. The van der Waals surface area contributed by atoms with Crippen LogP contribution in [-0.4, -0.2) is 24.5 Å². The molecule has 20 heavy (non-hydrogen) atoms. The predicted octanol–water partition coefficient (Wildman–Crippen LogP) is 3.93. The van der Waals surface area contributed by atoms with Gasteiger partial charge in [0.2, 0.25) is 0 Å². The average molecular weight is 274 g/mol. The van der Waals surface area contributed by atoms with E-state index in [9.17, 15) is 0 Å². The molecule has 2 atom stereocenters. The minimum absolute atomic E-state index is 0.401. The molecule has 2 nitrogen and oxygen atoms in total. The van der Waals surface area contributed by atoms with E-state index in [1.54, 1.807) is 0 Å². The Morgan fingerprint density at radius 1 is 1.20 bits per heavy atom. The first-order valence-electron chi connectivity index (χ1n) is 8.19. The van der Waals surface area contributed by atoms with Crippen molar-refractivity contribution in [3.8, 4) is 0 Å². The van der Waals surface area contributed by atoms with Crippen molar-refractivity contribution in [1.29, 1.82) is 0 Å². The van der Waals surface area contributed by atoms with E-state index in [1.807, 2.05) is 0 Å². The maximum atomic E-state index is 6.06. The predicted molar refractivity (Wildman–Crippen MR) is 86.9 cm³/mol. The number of nitrogens with zero attached hydrogens (tertiary/aromatic N) is 1. The topological polar surface area (TPSA) is 29.3 Å². The molecule has 1 heterocycles. The van der Waals surface area contributed by atoms with Crippen LogP contribution in [0.5, 0.6) is 0 Å². The van der Waals surface area contributed by atoms with Crippen LogP contribution in [-0.2, 0) is 0 Å². The molecule has 1 aromatic rings. The normalized spacial score (nSPS) is 21.6. The molecule has 2 rings (SSSR count).